The van der Waals surface area contributed by atoms with E-state index in [0.29, 0.717) is 11.4 Å². The summed E-state index contributed by atoms with van der Waals surface area (Å²) in [5, 5.41) is 5.78. The van der Waals surface area contributed by atoms with Gasteiger partial charge >= 0.3 is 0 Å². The van der Waals surface area contributed by atoms with Crippen LogP contribution < -0.4 is 16.4 Å². The topological polar surface area (TPSA) is 84.2 Å². The Bertz CT molecular complexity index is 772. The van der Waals surface area contributed by atoms with Gasteiger partial charge in [-0.25, -0.2) is 0 Å². The van der Waals surface area contributed by atoms with Crippen molar-refractivity contribution < 1.29 is 9.59 Å². The lowest BCUT2D eigenvalue weighted by Gasteiger charge is -2.21. The highest BCUT2D eigenvalue weighted by molar-refractivity contribution is 5.96. The van der Waals surface area contributed by atoms with Crippen LogP contribution >= 0.6 is 0 Å². The average Bonchev–Trinajstić information content (AvgIpc) is 2.63. The second-order valence-electron chi connectivity index (χ2n) is 6.89. The van der Waals surface area contributed by atoms with Crippen LogP contribution in [-0.2, 0) is 9.59 Å². The summed E-state index contributed by atoms with van der Waals surface area (Å²) in [5.74, 6) is -0.730. The number of nitrogens with one attached hydrogen (secondary N) is 2. The molecule has 26 heavy (non-hydrogen) atoms. The number of carbonyl (C=O) groups excluding carboxylic acids is 2. The van der Waals surface area contributed by atoms with Crippen LogP contribution in [0.2, 0.25) is 0 Å². The van der Waals surface area contributed by atoms with Crippen molar-refractivity contribution in [3.8, 4) is 0 Å². The summed E-state index contributed by atoms with van der Waals surface area (Å²) in [6.45, 7) is 7.38. The van der Waals surface area contributed by atoms with E-state index in [-0.39, 0.29) is 23.8 Å². The first-order valence-corrected chi connectivity index (χ1v) is 8.82. The molecule has 5 heteroatoms. The molecule has 0 aromatic heterocycles. The van der Waals surface area contributed by atoms with Gasteiger partial charge in [0, 0.05) is 23.3 Å². The number of nitrogens with two attached hydrogens (primary N) is 1. The van der Waals surface area contributed by atoms with Gasteiger partial charge in [-0.2, -0.15) is 0 Å². The largest absolute Gasteiger partial charge is 0.326 e. The highest BCUT2D eigenvalue weighted by atomic mass is 16.2. The van der Waals surface area contributed by atoms with E-state index in [4.69, 9.17) is 5.73 Å². The van der Waals surface area contributed by atoms with Crippen molar-refractivity contribution in [2.24, 2.45) is 17.6 Å². The molecule has 2 aromatic carbocycles. The third-order valence-electron chi connectivity index (χ3n) is 4.42. The lowest BCUT2D eigenvalue weighted by atomic mass is 9.94. The predicted molar refractivity (Wildman–Crippen MR) is 106 cm³/mol. The number of carbonyl (C=O) groups is 2. The van der Waals surface area contributed by atoms with Crippen molar-refractivity contribution in [1.82, 2.24) is 0 Å². The van der Waals surface area contributed by atoms with Crippen molar-refractivity contribution in [2.75, 3.05) is 10.6 Å². The van der Waals surface area contributed by atoms with Gasteiger partial charge in [0.25, 0.3) is 0 Å². The summed E-state index contributed by atoms with van der Waals surface area (Å²) in [4.78, 5) is 24.5. The molecule has 0 heterocycles. The van der Waals surface area contributed by atoms with Gasteiger partial charge in [0.05, 0.1) is 5.92 Å². The zero-order chi connectivity index (χ0) is 19.3. The molecule has 2 unspecified atom stereocenters. The molecule has 2 aromatic rings. The summed E-state index contributed by atoms with van der Waals surface area (Å²) < 4.78 is 0. The highest BCUT2D eigenvalue weighted by Gasteiger charge is 2.22. The van der Waals surface area contributed by atoms with Crippen molar-refractivity contribution in [2.45, 2.75) is 33.7 Å². The van der Waals surface area contributed by atoms with Crippen LogP contribution in [0.15, 0.2) is 48.5 Å². The van der Waals surface area contributed by atoms with Crippen LogP contribution in [-0.4, -0.2) is 11.8 Å². The smallest absolute Gasteiger partial charge is 0.229 e. The van der Waals surface area contributed by atoms with Gasteiger partial charge in [-0.1, -0.05) is 57.2 Å². The van der Waals surface area contributed by atoms with Gasteiger partial charge in [-0.3, -0.25) is 9.59 Å². The van der Waals surface area contributed by atoms with E-state index in [1.165, 1.54) is 0 Å². The summed E-state index contributed by atoms with van der Waals surface area (Å²) in [6.07, 6.45) is 0. The zero-order valence-electron chi connectivity index (χ0n) is 15.7. The molecule has 4 N–H and O–H groups in total. The van der Waals surface area contributed by atoms with E-state index < -0.39 is 5.92 Å². The van der Waals surface area contributed by atoms with E-state index in [2.05, 4.69) is 10.6 Å². The van der Waals surface area contributed by atoms with E-state index in [0.717, 1.165) is 11.1 Å². The second-order valence-corrected chi connectivity index (χ2v) is 6.89. The van der Waals surface area contributed by atoms with Crippen LogP contribution in [0.5, 0.6) is 0 Å². The van der Waals surface area contributed by atoms with Crippen LogP contribution in [0.1, 0.15) is 37.9 Å². The Hall–Kier alpha value is -2.66. The lowest BCUT2D eigenvalue weighted by Crippen LogP contribution is -2.30. The maximum Gasteiger partial charge on any atom is 0.229 e. The highest BCUT2D eigenvalue weighted by Crippen LogP contribution is 2.24. The van der Waals surface area contributed by atoms with Crippen LogP contribution in [0, 0.1) is 18.8 Å². The van der Waals surface area contributed by atoms with Gasteiger partial charge in [-0.15, -0.1) is 0 Å². The molecule has 138 valence electrons. The maximum atomic E-state index is 12.6. The third kappa shape index (κ3) is 4.92. The molecule has 0 saturated carbocycles. The van der Waals surface area contributed by atoms with Crippen molar-refractivity contribution in [3.05, 3.63) is 59.7 Å². The second kappa shape index (κ2) is 8.63. The summed E-state index contributed by atoms with van der Waals surface area (Å²) in [6, 6.07) is 14.6. The monoisotopic (exact) mass is 353 g/mol. The number of hydrogen-bond donors (Lipinski definition) is 3. The fourth-order valence-corrected chi connectivity index (χ4v) is 2.49. The molecule has 0 radical (unpaired) electrons. The zero-order valence-corrected chi connectivity index (χ0v) is 15.7. The van der Waals surface area contributed by atoms with Gasteiger partial charge < -0.3 is 16.4 Å². The average molecular weight is 353 g/mol. The molecule has 2 atom stereocenters. The van der Waals surface area contributed by atoms with Crippen molar-refractivity contribution in [1.29, 1.82) is 0 Å². The summed E-state index contributed by atoms with van der Waals surface area (Å²) >= 11 is 0. The minimum Gasteiger partial charge on any atom is -0.326 e. The molecule has 2 rings (SSSR count). The van der Waals surface area contributed by atoms with Gasteiger partial charge in [0.15, 0.2) is 0 Å². The Morgan fingerprint density at radius 3 is 2.19 bits per heavy atom. The molecule has 0 aliphatic carbocycles. The molecular formula is C21H27N3O2. The Balaban J connectivity index is 2.11. The van der Waals surface area contributed by atoms with Crippen molar-refractivity contribution in [3.63, 3.8) is 0 Å². The summed E-state index contributed by atoms with van der Waals surface area (Å²) in [7, 11) is 0. The number of rotatable bonds is 6. The van der Waals surface area contributed by atoms with Gasteiger partial charge in [0.2, 0.25) is 11.8 Å². The minimum atomic E-state index is -0.397. The number of amides is 2. The Labute approximate surface area is 155 Å². The summed E-state index contributed by atoms with van der Waals surface area (Å²) in [5.41, 5.74) is 9.41. The van der Waals surface area contributed by atoms with E-state index in [1.54, 1.807) is 6.07 Å². The molecule has 0 saturated heterocycles. The standard InChI is InChI=1S/C21H27N3O2/c1-13(2)20(25)23-17-11-10-14(3)18(12-17)24-21(26)15(4)19(22)16-8-6-5-7-9-16/h5-13,15,19H,22H2,1-4H3,(H,23,25)(H,24,26). The van der Waals surface area contributed by atoms with E-state index >= 15 is 0 Å². The van der Waals surface area contributed by atoms with Crippen LogP contribution in [0.25, 0.3) is 0 Å². The molecule has 0 fully saturated rings. The molecule has 0 aliphatic rings. The Morgan fingerprint density at radius 2 is 1.58 bits per heavy atom. The number of hydrogen-bond acceptors (Lipinski definition) is 3. The number of anilines is 2. The van der Waals surface area contributed by atoms with Gasteiger partial charge in [0.1, 0.15) is 0 Å². The Morgan fingerprint density at radius 1 is 0.923 bits per heavy atom. The fourth-order valence-electron chi connectivity index (χ4n) is 2.49. The molecule has 5 nitrogen and oxygen atoms in total. The number of benzene rings is 2. The minimum absolute atomic E-state index is 0.0643. The fraction of sp³-hybridized carbons (Fsp3) is 0.333. The quantitative estimate of drug-likeness (QED) is 0.737. The third-order valence-corrected chi connectivity index (χ3v) is 4.42. The SMILES string of the molecule is Cc1ccc(NC(=O)C(C)C)cc1NC(=O)C(C)C(N)c1ccccc1. The molecule has 2 amide bonds. The first kappa shape index (κ1) is 19.7. The predicted octanol–water partition coefficient (Wildman–Crippen LogP) is 3.86. The van der Waals surface area contributed by atoms with E-state index in [1.807, 2.05) is 70.2 Å². The first-order valence-electron chi connectivity index (χ1n) is 8.82. The van der Waals surface area contributed by atoms with Crippen LogP contribution in [0.4, 0.5) is 11.4 Å². The molecule has 0 spiro atoms. The van der Waals surface area contributed by atoms with Crippen LogP contribution in [0.3, 0.4) is 0 Å². The van der Waals surface area contributed by atoms with Crippen molar-refractivity contribution >= 4 is 23.2 Å². The Kier molecular flexibility index (Phi) is 6.52. The molecular weight excluding hydrogens is 326 g/mol. The molecule has 0 bridgehead atoms. The normalized spacial score (nSPS) is 13.2. The van der Waals surface area contributed by atoms with E-state index in [9.17, 15) is 9.59 Å². The lowest BCUT2D eigenvalue weighted by molar-refractivity contribution is -0.120. The maximum absolute atomic E-state index is 12.6. The molecule has 0 aliphatic heterocycles. The number of aryl methyl sites for hydroxylation is 1. The first-order chi connectivity index (χ1) is 12.3. The van der Waals surface area contributed by atoms with Gasteiger partial charge in [-0.05, 0) is 30.2 Å².